The Bertz CT molecular complexity index is 1110. The molecule has 0 atom stereocenters. The lowest BCUT2D eigenvalue weighted by molar-refractivity contribution is -0.906. The van der Waals surface area contributed by atoms with Gasteiger partial charge in [0.05, 0.1) is 50.0 Å². The molecule has 9 heteroatoms. The van der Waals surface area contributed by atoms with Crippen LogP contribution in [0.4, 0.5) is 0 Å². The number of quaternary nitrogens is 1. The fourth-order valence-corrected chi connectivity index (χ4v) is 3.72. The predicted molar refractivity (Wildman–Crippen MR) is 110 cm³/mol. The van der Waals surface area contributed by atoms with Gasteiger partial charge in [-0.15, -0.1) is 0 Å². The number of amides is 1. The summed E-state index contributed by atoms with van der Waals surface area (Å²) in [5.74, 6) is 0.475. The third kappa shape index (κ3) is 4.47. The molecule has 4 rings (SSSR count). The number of ether oxygens (including phenoxy) is 1. The Hall–Kier alpha value is -2.75. The predicted octanol–water partition coefficient (Wildman–Crippen LogP) is 0.345. The minimum Gasteiger partial charge on any atom is -0.467 e. The van der Waals surface area contributed by atoms with Gasteiger partial charge in [0.2, 0.25) is 0 Å². The number of aromatic nitrogens is 2. The molecule has 0 aliphatic carbocycles. The van der Waals surface area contributed by atoms with E-state index in [1.54, 1.807) is 36.6 Å². The number of rotatable bonds is 6. The van der Waals surface area contributed by atoms with Gasteiger partial charge < -0.3 is 24.4 Å². The molecule has 0 radical (unpaired) electrons. The normalized spacial score (nSPS) is 14.9. The van der Waals surface area contributed by atoms with Crippen LogP contribution in [0.15, 0.2) is 45.8 Å². The second-order valence-corrected chi connectivity index (χ2v) is 7.42. The second kappa shape index (κ2) is 8.73. The fraction of sp³-hybridized carbons (Fsp3) is 0.350. The van der Waals surface area contributed by atoms with Crippen LogP contribution in [0.5, 0.6) is 0 Å². The quantitative estimate of drug-likeness (QED) is 0.505. The summed E-state index contributed by atoms with van der Waals surface area (Å²) in [5, 5.41) is 3.42. The average molecular weight is 415 g/mol. The van der Waals surface area contributed by atoms with Crippen LogP contribution in [0.1, 0.15) is 16.1 Å². The first-order valence-electron chi connectivity index (χ1n) is 9.60. The van der Waals surface area contributed by atoms with Crippen molar-refractivity contribution in [2.75, 3.05) is 39.4 Å². The van der Waals surface area contributed by atoms with E-state index in [4.69, 9.17) is 21.4 Å². The molecule has 1 aromatic carbocycles. The first-order chi connectivity index (χ1) is 14.1. The van der Waals surface area contributed by atoms with Crippen molar-refractivity contribution < 1.29 is 18.8 Å². The van der Waals surface area contributed by atoms with Gasteiger partial charge in [-0.1, -0.05) is 0 Å². The maximum absolute atomic E-state index is 12.8. The molecule has 29 heavy (non-hydrogen) atoms. The second-order valence-electron chi connectivity index (χ2n) is 7.03. The van der Waals surface area contributed by atoms with E-state index in [-0.39, 0.29) is 22.8 Å². The zero-order chi connectivity index (χ0) is 20.2. The van der Waals surface area contributed by atoms with E-state index in [2.05, 4.69) is 10.3 Å². The Balaban J connectivity index is 1.49. The van der Waals surface area contributed by atoms with Crippen molar-refractivity contribution in [2.45, 2.75) is 6.54 Å². The highest BCUT2D eigenvalue weighted by molar-refractivity contribution is 7.71. The molecule has 0 bridgehead atoms. The average Bonchev–Trinajstić information content (AvgIpc) is 3.25. The van der Waals surface area contributed by atoms with Gasteiger partial charge in [-0.3, -0.25) is 14.2 Å². The number of benzene rings is 1. The Labute approximate surface area is 172 Å². The Morgan fingerprint density at radius 3 is 2.86 bits per heavy atom. The molecule has 3 aromatic rings. The molecule has 0 saturated carbocycles. The van der Waals surface area contributed by atoms with E-state index in [1.165, 1.54) is 9.47 Å². The van der Waals surface area contributed by atoms with E-state index in [1.807, 2.05) is 0 Å². The van der Waals surface area contributed by atoms with Crippen molar-refractivity contribution >= 4 is 29.0 Å². The fourth-order valence-electron chi connectivity index (χ4n) is 3.46. The van der Waals surface area contributed by atoms with Crippen LogP contribution in [0.2, 0.25) is 0 Å². The molecule has 1 amide bonds. The number of H-pyrrole nitrogens is 1. The van der Waals surface area contributed by atoms with Gasteiger partial charge in [-0.25, -0.2) is 0 Å². The van der Waals surface area contributed by atoms with E-state index >= 15 is 0 Å². The molecule has 0 spiro atoms. The third-order valence-corrected chi connectivity index (χ3v) is 5.42. The number of carbonyl (C=O) groups is 1. The summed E-state index contributed by atoms with van der Waals surface area (Å²) in [7, 11) is 0. The molecular weight excluding hydrogens is 392 g/mol. The van der Waals surface area contributed by atoms with E-state index in [9.17, 15) is 9.59 Å². The molecule has 1 aliphatic heterocycles. The Morgan fingerprint density at radius 2 is 2.10 bits per heavy atom. The van der Waals surface area contributed by atoms with Gasteiger partial charge in [0.1, 0.15) is 18.8 Å². The van der Waals surface area contributed by atoms with Crippen LogP contribution in [0.25, 0.3) is 10.9 Å². The number of hydrogen-bond acceptors (Lipinski definition) is 5. The molecule has 152 valence electrons. The van der Waals surface area contributed by atoms with Crippen molar-refractivity contribution in [2.24, 2.45) is 0 Å². The van der Waals surface area contributed by atoms with Gasteiger partial charge >= 0.3 is 0 Å². The SMILES string of the molecule is O=C(NCC[NH+]1CCOCC1)c1ccc2c(=O)n(Cc3ccco3)c(=S)[nH]c2c1. The van der Waals surface area contributed by atoms with Gasteiger partial charge in [0, 0.05) is 5.56 Å². The van der Waals surface area contributed by atoms with Crippen LogP contribution in [0.3, 0.4) is 0 Å². The topological polar surface area (TPSA) is 93.7 Å². The van der Waals surface area contributed by atoms with Gasteiger partial charge in [-0.2, -0.15) is 0 Å². The minimum absolute atomic E-state index is 0.168. The van der Waals surface area contributed by atoms with E-state index in [0.717, 1.165) is 32.8 Å². The number of fused-ring (bicyclic) bond motifs is 1. The highest BCUT2D eigenvalue weighted by Crippen LogP contribution is 2.12. The van der Waals surface area contributed by atoms with E-state index in [0.29, 0.717) is 28.8 Å². The minimum atomic E-state index is -0.219. The molecule has 8 nitrogen and oxygen atoms in total. The van der Waals surface area contributed by atoms with Gasteiger partial charge in [0.15, 0.2) is 4.77 Å². The number of hydrogen-bond donors (Lipinski definition) is 3. The lowest BCUT2D eigenvalue weighted by Gasteiger charge is -2.23. The number of nitrogens with one attached hydrogen (secondary N) is 3. The molecular formula is C20H23N4O4S+. The summed E-state index contributed by atoms with van der Waals surface area (Å²) in [6, 6.07) is 8.54. The number of aromatic amines is 1. The van der Waals surface area contributed by atoms with Crippen molar-refractivity contribution in [3.8, 4) is 0 Å². The third-order valence-electron chi connectivity index (χ3n) is 5.10. The largest absolute Gasteiger partial charge is 0.467 e. The first kappa shape index (κ1) is 19.6. The molecule has 3 N–H and O–H groups in total. The first-order valence-corrected chi connectivity index (χ1v) is 10.0. The number of morpholine rings is 1. The molecule has 1 aliphatic rings. The van der Waals surface area contributed by atoms with Crippen molar-refractivity contribution in [3.63, 3.8) is 0 Å². The van der Waals surface area contributed by atoms with Crippen LogP contribution in [-0.2, 0) is 11.3 Å². The van der Waals surface area contributed by atoms with Crippen LogP contribution >= 0.6 is 12.2 Å². The summed E-state index contributed by atoms with van der Waals surface area (Å²) < 4.78 is 12.4. The number of nitrogens with zero attached hydrogens (tertiary/aromatic N) is 1. The standard InChI is InChI=1S/C20H22N4O4S/c25-18(21-5-6-23-7-10-27-11-8-23)14-3-4-16-17(12-14)22-20(29)24(19(16)26)13-15-2-1-9-28-15/h1-4,9,12H,5-8,10-11,13H2,(H,21,25)(H,22,29)/p+1. The monoisotopic (exact) mass is 415 g/mol. The smallest absolute Gasteiger partial charge is 0.262 e. The maximum Gasteiger partial charge on any atom is 0.262 e. The zero-order valence-electron chi connectivity index (χ0n) is 15.9. The van der Waals surface area contributed by atoms with Crippen molar-refractivity contribution in [1.29, 1.82) is 0 Å². The Morgan fingerprint density at radius 1 is 1.28 bits per heavy atom. The maximum atomic E-state index is 12.8. The molecule has 2 aromatic heterocycles. The highest BCUT2D eigenvalue weighted by Gasteiger charge is 2.15. The summed E-state index contributed by atoms with van der Waals surface area (Å²) in [6.07, 6.45) is 1.56. The Kier molecular flexibility index (Phi) is 5.89. The summed E-state index contributed by atoms with van der Waals surface area (Å²) in [4.78, 5) is 29.8. The van der Waals surface area contributed by atoms with Gasteiger partial charge in [-0.05, 0) is 42.5 Å². The van der Waals surface area contributed by atoms with Crippen molar-refractivity contribution in [3.05, 3.63) is 63.0 Å². The number of carbonyl (C=O) groups excluding carboxylic acids is 1. The zero-order valence-corrected chi connectivity index (χ0v) is 16.7. The summed E-state index contributed by atoms with van der Waals surface area (Å²) >= 11 is 5.34. The van der Waals surface area contributed by atoms with Crippen LogP contribution in [0, 0.1) is 4.77 Å². The van der Waals surface area contributed by atoms with Crippen LogP contribution < -0.4 is 15.8 Å². The van der Waals surface area contributed by atoms with Gasteiger partial charge in [0.25, 0.3) is 11.5 Å². The lowest BCUT2D eigenvalue weighted by atomic mass is 10.1. The van der Waals surface area contributed by atoms with E-state index < -0.39 is 0 Å². The van der Waals surface area contributed by atoms with Crippen LogP contribution in [-0.4, -0.2) is 54.9 Å². The molecule has 1 saturated heterocycles. The molecule has 0 unspecified atom stereocenters. The molecule has 3 heterocycles. The summed E-state index contributed by atoms with van der Waals surface area (Å²) in [5.41, 5.74) is 0.813. The molecule has 1 fully saturated rings. The van der Waals surface area contributed by atoms with Crippen molar-refractivity contribution in [1.82, 2.24) is 14.9 Å². The highest BCUT2D eigenvalue weighted by atomic mass is 32.1. The lowest BCUT2D eigenvalue weighted by Crippen LogP contribution is -3.14. The number of furan rings is 1. The summed E-state index contributed by atoms with van der Waals surface area (Å²) in [6.45, 7) is 5.17.